The minimum atomic E-state index is -0.192. The molecule has 0 aliphatic carbocycles. The molecule has 0 N–H and O–H groups in total. The number of hydrogen-bond acceptors (Lipinski definition) is 2. The molecule has 1 rings (SSSR count). The lowest BCUT2D eigenvalue weighted by Crippen LogP contribution is -1.99. The highest BCUT2D eigenvalue weighted by molar-refractivity contribution is 6.30. The molecule has 2 nitrogen and oxygen atoms in total. The molecule has 0 atom stereocenters. The smallest absolute Gasteiger partial charge is 0.163 e. The molecular weight excluding hydrogens is 212 g/mol. The molecule has 3 heteroatoms. The third kappa shape index (κ3) is 4.56. The summed E-state index contributed by atoms with van der Waals surface area (Å²) in [4.78, 5) is 21.8. The van der Waals surface area contributed by atoms with E-state index in [2.05, 4.69) is 0 Å². The van der Waals surface area contributed by atoms with Gasteiger partial charge in [-0.15, -0.1) is 0 Å². The molecule has 0 spiro atoms. The van der Waals surface area contributed by atoms with Crippen LogP contribution in [0.1, 0.15) is 18.9 Å². The van der Waals surface area contributed by atoms with Gasteiger partial charge in [-0.05, 0) is 30.7 Å². The Labute approximate surface area is 93.6 Å². The minimum Gasteiger partial charge on any atom is -0.300 e. The topological polar surface area (TPSA) is 34.1 Å². The Kier molecular flexibility index (Phi) is 4.25. The van der Waals surface area contributed by atoms with Crippen LogP contribution in [0.2, 0.25) is 5.02 Å². The fraction of sp³-hybridized carbons (Fsp3) is 0.167. The number of rotatable bonds is 4. The second kappa shape index (κ2) is 5.47. The lowest BCUT2D eigenvalue weighted by Gasteiger charge is -1.93. The highest BCUT2D eigenvalue weighted by atomic mass is 35.5. The first-order chi connectivity index (χ1) is 7.08. The van der Waals surface area contributed by atoms with Gasteiger partial charge in [-0.3, -0.25) is 9.59 Å². The molecule has 0 bridgehead atoms. The number of allylic oxidation sites excluding steroid dienone is 1. The second-order valence-electron chi connectivity index (χ2n) is 3.23. The average molecular weight is 223 g/mol. The molecule has 1 aromatic carbocycles. The van der Waals surface area contributed by atoms with E-state index in [-0.39, 0.29) is 18.0 Å². The molecule has 0 unspecified atom stereocenters. The first kappa shape index (κ1) is 11.7. The van der Waals surface area contributed by atoms with Crippen molar-refractivity contribution >= 4 is 29.2 Å². The summed E-state index contributed by atoms with van der Waals surface area (Å²) in [6, 6.07) is 7.15. The number of halogens is 1. The van der Waals surface area contributed by atoms with Crippen molar-refractivity contribution in [1.82, 2.24) is 0 Å². The van der Waals surface area contributed by atoms with Gasteiger partial charge in [0.25, 0.3) is 0 Å². The maximum Gasteiger partial charge on any atom is 0.163 e. The van der Waals surface area contributed by atoms with Gasteiger partial charge in [-0.2, -0.15) is 0 Å². The van der Waals surface area contributed by atoms with Gasteiger partial charge in [-0.25, -0.2) is 0 Å². The zero-order valence-electron chi connectivity index (χ0n) is 8.37. The number of ketones is 2. The van der Waals surface area contributed by atoms with Crippen LogP contribution < -0.4 is 0 Å². The predicted octanol–water partition coefficient (Wildman–Crippen LogP) is 2.90. The molecule has 1 aromatic rings. The third-order valence-electron chi connectivity index (χ3n) is 1.73. The highest BCUT2D eigenvalue weighted by Gasteiger charge is 2.00. The second-order valence-corrected chi connectivity index (χ2v) is 3.67. The normalized spacial score (nSPS) is 10.5. The average Bonchev–Trinajstić information content (AvgIpc) is 2.14. The molecule has 15 heavy (non-hydrogen) atoms. The highest BCUT2D eigenvalue weighted by Crippen LogP contribution is 2.11. The van der Waals surface area contributed by atoms with Crippen LogP contribution in [-0.2, 0) is 9.59 Å². The van der Waals surface area contributed by atoms with Crippen molar-refractivity contribution in [2.45, 2.75) is 13.3 Å². The standard InChI is InChI=1S/C12H11ClO2/c1-9(14)7-12(15)6-5-10-3-2-4-11(13)8-10/h2-6,8H,7H2,1H3/b6-5+. The van der Waals surface area contributed by atoms with Gasteiger partial charge in [0, 0.05) is 5.02 Å². The summed E-state index contributed by atoms with van der Waals surface area (Å²) in [6.07, 6.45) is 3.00. The van der Waals surface area contributed by atoms with E-state index in [0.29, 0.717) is 5.02 Å². The molecule has 0 aliphatic heterocycles. The van der Waals surface area contributed by atoms with E-state index in [9.17, 15) is 9.59 Å². The van der Waals surface area contributed by atoms with Gasteiger partial charge in [0.15, 0.2) is 5.78 Å². The van der Waals surface area contributed by atoms with E-state index in [1.807, 2.05) is 6.07 Å². The molecule has 0 fully saturated rings. The fourth-order valence-corrected chi connectivity index (χ4v) is 1.30. The summed E-state index contributed by atoms with van der Waals surface area (Å²) in [6.45, 7) is 1.39. The summed E-state index contributed by atoms with van der Waals surface area (Å²) in [7, 11) is 0. The monoisotopic (exact) mass is 222 g/mol. The fourth-order valence-electron chi connectivity index (χ4n) is 1.10. The van der Waals surface area contributed by atoms with Crippen LogP contribution in [0.4, 0.5) is 0 Å². The molecule has 0 heterocycles. The SMILES string of the molecule is CC(=O)CC(=O)/C=C/c1cccc(Cl)c1. The first-order valence-corrected chi connectivity index (χ1v) is 4.91. The van der Waals surface area contributed by atoms with Gasteiger partial charge in [0.1, 0.15) is 5.78 Å². The maximum absolute atomic E-state index is 11.2. The summed E-state index contributed by atoms with van der Waals surface area (Å²) < 4.78 is 0. The molecular formula is C12H11ClO2. The van der Waals surface area contributed by atoms with Crippen molar-refractivity contribution in [3.63, 3.8) is 0 Å². The van der Waals surface area contributed by atoms with Crippen LogP contribution in [0.3, 0.4) is 0 Å². The number of hydrogen-bond donors (Lipinski definition) is 0. The van der Waals surface area contributed by atoms with E-state index < -0.39 is 0 Å². The first-order valence-electron chi connectivity index (χ1n) is 4.54. The van der Waals surface area contributed by atoms with Crippen molar-refractivity contribution in [3.05, 3.63) is 40.9 Å². The molecule has 0 saturated heterocycles. The van der Waals surface area contributed by atoms with Crippen molar-refractivity contribution in [2.75, 3.05) is 0 Å². The van der Waals surface area contributed by atoms with Gasteiger partial charge in [-0.1, -0.05) is 29.8 Å². The van der Waals surface area contributed by atoms with Gasteiger partial charge in [0.05, 0.1) is 6.42 Å². The Morgan fingerprint density at radius 2 is 2.13 bits per heavy atom. The van der Waals surface area contributed by atoms with Crippen molar-refractivity contribution in [1.29, 1.82) is 0 Å². The van der Waals surface area contributed by atoms with Crippen LogP contribution in [0.15, 0.2) is 30.3 Å². The summed E-state index contributed by atoms with van der Waals surface area (Å²) in [5.41, 5.74) is 0.847. The van der Waals surface area contributed by atoms with Crippen LogP contribution >= 0.6 is 11.6 Å². The van der Waals surface area contributed by atoms with Crippen molar-refractivity contribution in [2.24, 2.45) is 0 Å². The Bertz CT molecular complexity index is 408. The lowest BCUT2D eigenvalue weighted by molar-refractivity contribution is -0.123. The largest absolute Gasteiger partial charge is 0.300 e. The van der Waals surface area contributed by atoms with Crippen LogP contribution in [0, 0.1) is 0 Å². The van der Waals surface area contributed by atoms with E-state index in [1.54, 1.807) is 24.3 Å². The van der Waals surface area contributed by atoms with Gasteiger partial charge in [0.2, 0.25) is 0 Å². The zero-order chi connectivity index (χ0) is 11.3. The molecule has 0 aliphatic rings. The Hall–Kier alpha value is -1.41. The Balaban J connectivity index is 2.65. The van der Waals surface area contributed by atoms with E-state index >= 15 is 0 Å². The lowest BCUT2D eigenvalue weighted by atomic mass is 10.1. The maximum atomic E-state index is 11.2. The van der Waals surface area contributed by atoms with Gasteiger partial charge >= 0.3 is 0 Å². The number of Topliss-reactive ketones (excluding diaryl/α,β-unsaturated/α-hetero) is 1. The van der Waals surface area contributed by atoms with Crippen LogP contribution in [0.25, 0.3) is 6.08 Å². The Morgan fingerprint density at radius 1 is 1.40 bits per heavy atom. The summed E-state index contributed by atoms with van der Waals surface area (Å²) in [5, 5.41) is 0.621. The number of benzene rings is 1. The minimum absolute atomic E-state index is 0.0446. The number of carbonyl (C=O) groups excluding carboxylic acids is 2. The Morgan fingerprint density at radius 3 is 2.73 bits per heavy atom. The molecule has 0 saturated carbocycles. The molecule has 78 valence electrons. The van der Waals surface area contributed by atoms with E-state index in [1.165, 1.54) is 13.0 Å². The summed E-state index contributed by atoms with van der Waals surface area (Å²) >= 11 is 5.77. The summed E-state index contributed by atoms with van der Waals surface area (Å²) in [5.74, 6) is -0.321. The van der Waals surface area contributed by atoms with Crippen LogP contribution in [0.5, 0.6) is 0 Å². The van der Waals surface area contributed by atoms with Crippen molar-refractivity contribution < 1.29 is 9.59 Å². The quantitative estimate of drug-likeness (QED) is 0.580. The molecule has 0 aromatic heterocycles. The third-order valence-corrected chi connectivity index (χ3v) is 1.97. The number of carbonyl (C=O) groups is 2. The van der Waals surface area contributed by atoms with Crippen LogP contribution in [-0.4, -0.2) is 11.6 Å². The molecule has 0 amide bonds. The zero-order valence-corrected chi connectivity index (χ0v) is 9.12. The van der Waals surface area contributed by atoms with Crippen molar-refractivity contribution in [3.8, 4) is 0 Å². The van der Waals surface area contributed by atoms with E-state index in [4.69, 9.17) is 11.6 Å². The van der Waals surface area contributed by atoms with Gasteiger partial charge < -0.3 is 0 Å². The predicted molar refractivity (Wildman–Crippen MR) is 60.8 cm³/mol. The molecule has 0 radical (unpaired) electrons. The van der Waals surface area contributed by atoms with E-state index in [0.717, 1.165) is 5.56 Å².